The molecule has 1 N–H and O–H groups in total. The molecule has 0 saturated carbocycles. The van der Waals surface area contributed by atoms with Crippen molar-refractivity contribution in [3.05, 3.63) is 222 Å². The van der Waals surface area contributed by atoms with Gasteiger partial charge in [-0.2, -0.15) is 5.26 Å². The van der Waals surface area contributed by atoms with Crippen LogP contribution in [0.2, 0.25) is 0 Å². The number of hydrogen-bond donors (Lipinski definition) is 1. The molecule has 0 fully saturated rings. The number of benzene rings is 10. The van der Waals surface area contributed by atoms with Crippen LogP contribution in [0.15, 0.2) is 205 Å². The Labute approximate surface area is 336 Å². The van der Waals surface area contributed by atoms with Gasteiger partial charge in [-0.1, -0.05) is 182 Å². The van der Waals surface area contributed by atoms with E-state index < -0.39 is 0 Å². The molecule has 58 heavy (non-hydrogen) atoms. The van der Waals surface area contributed by atoms with Crippen LogP contribution in [0.5, 0.6) is 0 Å². The molecule has 0 atom stereocenters. The molecule has 0 aliphatic heterocycles. The fourth-order valence-corrected chi connectivity index (χ4v) is 8.51. The van der Waals surface area contributed by atoms with E-state index in [-0.39, 0.29) is 5.84 Å². The second-order valence-electron chi connectivity index (χ2n) is 14.5. The van der Waals surface area contributed by atoms with Crippen molar-refractivity contribution in [3.8, 4) is 28.3 Å². The fraction of sp³-hybridized carbons (Fsp3) is 0. The molecule has 0 aliphatic carbocycles. The summed E-state index contributed by atoms with van der Waals surface area (Å²) in [5.41, 5.74) is 8.37. The second-order valence-corrected chi connectivity index (χ2v) is 14.5. The summed E-state index contributed by atoms with van der Waals surface area (Å²) in [5, 5.41) is 30.6. The number of nitriles is 1. The van der Waals surface area contributed by atoms with Crippen LogP contribution in [-0.2, 0) is 0 Å². The highest BCUT2D eigenvalue weighted by molar-refractivity contribution is 6.28. The first-order valence-corrected chi connectivity index (χ1v) is 19.4. The lowest BCUT2D eigenvalue weighted by Gasteiger charge is -2.20. The normalized spacial score (nSPS) is 11.9. The van der Waals surface area contributed by atoms with Crippen molar-refractivity contribution in [1.29, 1.82) is 10.7 Å². The van der Waals surface area contributed by atoms with E-state index >= 15 is 0 Å². The average molecular weight is 738 g/mol. The van der Waals surface area contributed by atoms with Gasteiger partial charge in [0.1, 0.15) is 0 Å². The molecule has 3 heteroatoms. The summed E-state index contributed by atoms with van der Waals surface area (Å²) in [6.07, 6.45) is 4.24. The average Bonchev–Trinajstić information content (AvgIpc) is 3.29. The van der Waals surface area contributed by atoms with Gasteiger partial charge in [-0.25, -0.2) is 4.99 Å². The lowest BCUT2D eigenvalue weighted by atomic mass is 9.83. The quantitative estimate of drug-likeness (QED) is 0.0785. The smallest absolute Gasteiger partial charge is 0.152 e. The topological polar surface area (TPSA) is 60.0 Å². The summed E-state index contributed by atoms with van der Waals surface area (Å²) in [4.78, 5) is 5.03. The molecule has 270 valence electrons. The maximum atomic E-state index is 9.49. The Morgan fingerprint density at radius 1 is 0.483 bits per heavy atom. The van der Waals surface area contributed by atoms with Gasteiger partial charge in [0.15, 0.2) is 5.84 Å². The first-order valence-electron chi connectivity index (χ1n) is 19.4. The first-order chi connectivity index (χ1) is 28.7. The molecule has 0 heterocycles. The number of allylic oxidation sites excluding steroid dienone is 1. The molecular formula is C55H35N3. The highest BCUT2D eigenvalue weighted by Gasteiger charge is 2.20. The molecule has 0 radical (unpaired) electrons. The van der Waals surface area contributed by atoms with Crippen molar-refractivity contribution in [2.24, 2.45) is 4.99 Å². The van der Waals surface area contributed by atoms with Crippen LogP contribution < -0.4 is 0 Å². The maximum absolute atomic E-state index is 9.49. The molecule has 0 spiro atoms. The third-order valence-corrected chi connectivity index (χ3v) is 11.2. The Kier molecular flexibility index (Phi) is 8.71. The van der Waals surface area contributed by atoms with Crippen LogP contribution >= 0.6 is 0 Å². The van der Waals surface area contributed by atoms with E-state index in [1.807, 2.05) is 66.7 Å². The molecule has 0 aromatic heterocycles. The molecule has 0 bridgehead atoms. The van der Waals surface area contributed by atoms with Crippen LogP contribution in [0.4, 0.5) is 0 Å². The second kappa shape index (κ2) is 14.6. The Bertz CT molecular complexity index is 3290. The Balaban J connectivity index is 1.23. The van der Waals surface area contributed by atoms with Gasteiger partial charge < -0.3 is 0 Å². The van der Waals surface area contributed by atoms with Gasteiger partial charge >= 0.3 is 0 Å². The van der Waals surface area contributed by atoms with Crippen molar-refractivity contribution in [3.63, 3.8) is 0 Å². The minimum absolute atomic E-state index is 0.176. The van der Waals surface area contributed by atoms with Gasteiger partial charge in [-0.3, -0.25) is 5.41 Å². The molecule has 0 saturated heterocycles. The molecule has 0 unspecified atom stereocenters. The fourth-order valence-electron chi connectivity index (χ4n) is 8.51. The minimum atomic E-state index is 0.176. The number of fused-ring (bicyclic) bond motifs is 6. The third kappa shape index (κ3) is 6.01. The van der Waals surface area contributed by atoms with Crippen LogP contribution in [0.3, 0.4) is 0 Å². The van der Waals surface area contributed by atoms with Crippen molar-refractivity contribution >= 4 is 71.5 Å². The van der Waals surface area contributed by atoms with Gasteiger partial charge in [0.25, 0.3) is 0 Å². The largest absolute Gasteiger partial charge is 0.282 e. The summed E-state index contributed by atoms with van der Waals surface area (Å²) < 4.78 is 0. The SMILES string of the molecule is N#Cc1ccc(-c2ccccc2C(/C=C/c2c3ccccc3c(-c3c4ccccc4cc4c3ccc3ccccc34)c3ccccc23)=NC(=N)c2ccccc2)cc1. The van der Waals surface area contributed by atoms with Gasteiger partial charge in [0.05, 0.1) is 17.3 Å². The van der Waals surface area contributed by atoms with Gasteiger partial charge in [0.2, 0.25) is 0 Å². The number of hydrogen-bond acceptors (Lipinski definition) is 2. The minimum Gasteiger partial charge on any atom is -0.282 e. The lowest BCUT2D eigenvalue weighted by molar-refractivity contribution is 1.41. The molecule has 10 aromatic rings. The highest BCUT2D eigenvalue weighted by Crippen LogP contribution is 2.46. The summed E-state index contributed by atoms with van der Waals surface area (Å²) >= 11 is 0. The van der Waals surface area contributed by atoms with Crippen LogP contribution in [0.25, 0.3) is 82.2 Å². The summed E-state index contributed by atoms with van der Waals surface area (Å²) in [6.45, 7) is 0. The van der Waals surface area contributed by atoms with Crippen molar-refractivity contribution in [2.75, 3.05) is 0 Å². The molecular weight excluding hydrogens is 703 g/mol. The predicted molar refractivity (Wildman–Crippen MR) is 245 cm³/mol. The number of aliphatic imine (C=N–C) groups is 1. The third-order valence-electron chi connectivity index (χ3n) is 11.2. The van der Waals surface area contributed by atoms with Crippen LogP contribution in [0.1, 0.15) is 22.3 Å². The van der Waals surface area contributed by atoms with E-state index in [9.17, 15) is 5.26 Å². The lowest BCUT2D eigenvalue weighted by Crippen LogP contribution is -2.05. The van der Waals surface area contributed by atoms with Gasteiger partial charge in [-0.05, 0) is 106 Å². The zero-order valence-electron chi connectivity index (χ0n) is 31.5. The predicted octanol–water partition coefficient (Wildman–Crippen LogP) is 14.2. The number of amidine groups is 1. The van der Waals surface area contributed by atoms with Crippen molar-refractivity contribution < 1.29 is 0 Å². The van der Waals surface area contributed by atoms with E-state index in [1.165, 1.54) is 54.2 Å². The number of nitrogens with one attached hydrogen (secondary N) is 1. The Morgan fingerprint density at radius 2 is 1.03 bits per heavy atom. The van der Waals surface area contributed by atoms with Gasteiger partial charge in [0, 0.05) is 11.1 Å². The molecule has 0 aliphatic rings. The zero-order chi connectivity index (χ0) is 39.0. The molecule has 3 nitrogen and oxygen atoms in total. The van der Waals surface area contributed by atoms with E-state index in [2.05, 4.69) is 146 Å². The standard InChI is InChI=1S/C55H35N3/c56-35-36-26-28-38(29-27-36)41-18-8-11-23-47(41)52(58-55(57)39-15-2-1-3-16-39)33-32-46-44-21-9-12-24-48(44)54(49-25-13-10-22-45(46)49)53-43-20-7-5-17-40(43)34-51-42-19-6-4-14-37(42)30-31-50(51)53/h1-34,57H/b33-32+,57-55?,58-52?. The molecule has 10 aromatic carbocycles. The first kappa shape index (κ1) is 34.6. The Morgan fingerprint density at radius 3 is 1.74 bits per heavy atom. The monoisotopic (exact) mass is 737 g/mol. The van der Waals surface area contributed by atoms with E-state index in [0.29, 0.717) is 11.3 Å². The van der Waals surface area contributed by atoms with Crippen molar-refractivity contribution in [1.82, 2.24) is 0 Å². The summed E-state index contributed by atoms with van der Waals surface area (Å²) in [6, 6.07) is 69.4. The van der Waals surface area contributed by atoms with E-state index in [1.54, 1.807) is 0 Å². The van der Waals surface area contributed by atoms with Crippen LogP contribution in [0, 0.1) is 16.7 Å². The Hall–Kier alpha value is -7.93. The number of rotatable bonds is 6. The maximum Gasteiger partial charge on any atom is 0.152 e. The van der Waals surface area contributed by atoms with Gasteiger partial charge in [-0.15, -0.1) is 0 Å². The molecule has 10 rings (SSSR count). The number of nitrogens with zero attached hydrogens (tertiary/aromatic N) is 2. The van der Waals surface area contributed by atoms with E-state index in [4.69, 9.17) is 10.4 Å². The van der Waals surface area contributed by atoms with Crippen molar-refractivity contribution in [2.45, 2.75) is 0 Å². The summed E-state index contributed by atoms with van der Waals surface area (Å²) in [7, 11) is 0. The van der Waals surface area contributed by atoms with Crippen LogP contribution in [-0.4, -0.2) is 11.5 Å². The zero-order valence-corrected chi connectivity index (χ0v) is 31.5. The summed E-state index contributed by atoms with van der Waals surface area (Å²) in [5.74, 6) is 0.176. The highest BCUT2D eigenvalue weighted by atomic mass is 14.8. The molecule has 0 amide bonds. The van der Waals surface area contributed by atoms with E-state index in [0.717, 1.165) is 38.6 Å².